The van der Waals surface area contributed by atoms with Crippen molar-refractivity contribution in [3.63, 3.8) is 0 Å². The molecule has 0 bridgehead atoms. The van der Waals surface area contributed by atoms with Gasteiger partial charge in [-0.15, -0.1) is 0 Å². The maximum absolute atomic E-state index is 12.8. The molecule has 0 spiro atoms. The van der Waals surface area contributed by atoms with E-state index in [0.29, 0.717) is 17.3 Å². The highest BCUT2D eigenvalue weighted by atomic mass is 35.5. The molecule has 5 nitrogen and oxygen atoms in total. The van der Waals surface area contributed by atoms with Gasteiger partial charge in [-0.3, -0.25) is 4.79 Å². The van der Waals surface area contributed by atoms with E-state index in [-0.39, 0.29) is 5.78 Å². The van der Waals surface area contributed by atoms with Crippen LogP contribution in [-0.2, 0) is 9.53 Å². The fourth-order valence-corrected chi connectivity index (χ4v) is 2.15. The fourth-order valence-electron chi connectivity index (χ4n) is 2.02. The minimum atomic E-state index is -0.945. The summed E-state index contributed by atoms with van der Waals surface area (Å²) < 4.78 is 7.00. The summed E-state index contributed by atoms with van der Waals surface area (Å²) in [5, 5.41) is 4.70. The van der Waals surface area contributed by atoms with E-state index in [9.17, 15) is 4.79 Å². The average molecular weight is 320 g/mol. The molecule has 0 saturated carbocycles. The molecule has 0 radical (unpaired) electrons. The molecule has 1 aromatic heterocycles. The van der Waals surface area contributed by atoms with Crippen LogP contribution in [0.25, 0.3) is 11.8 Å². The molecule has 0 N–H and O–H groups in total. The highest BCUT2D eigenvalue weighted by Gasteiger charge is 2.32. The number of nitrogens with zero attached hydrogens (tertiary/aromatic N) is 3. The third kappa shape index (κ3) is 3.81. The minimum absolute atomic E-state index is 0.171. The van der Waals surface area contributed by atoms with Gasteiger partial charge in [0.2, 0.25) is 5.78 Å². The minimum Gasteiger partial charge on any atom is -0.368 e. The van der Waals surface area contributed by atoms with E-state index in [0.717, 1.165) is 5.56 Å². The van der Waals surface area contributed by atoms with E-state index < -0.39 is 5.60 Å². The maximum Gasteiger partial charge on any atom is 0.212 e. The van der Waals surface area contributed by atoms with Crippen LogP contribution in [0, 0.1) is 0 Å². The fraction of sp³-hybridized carbons (Fsp3) is 0.312. The van der Waals surface area contributed by atoms with Gasteiger partial charge in [0.25, 0.3) is 0 Å². The molecular weight excluding hydrogens is 302 g/mol. The summed E-state index contributed by atoms with van der Waals surface area (Å²) in [7, 11) is 0. The lowest BCUT2D eigenvalue weighted by Crippen LogP contribution is -2.37. The molecule has 0 unspecified atom stereocenters. The van der Waals surface area contributed by atoms with Gasteiger partial charge in [0.15, 0.2) is 0 Å². The van der Waals surface area contributed by atoms with Crippen molar-refractivity contribution in [2.45, 2.75) is 26.4 Å². The Kier molecular flexibility index (Phi) is 5.11. The first-order valence-electron chi connectivity index (χ1n) is 6.95. The Morgan fingerprint density at radius 1 is 1.36 bits per heavy atom. The number of carbonyl (C=O) groups excluding carboxylic acids is 1. The molecule has 0 saturated heterocycles. The second-order valence-corrected chi connectivity index (χ2v) is 5.63. The lowest BCUT2D eigenvalue weighted by atomic mass is 9.99. The Morgan fingerprint density at radius 2 is 2.05 bits per heavy atom. The summed E-state index contributed by atoms with van der Waals surface area (Å²) in [6.45, 7) is 5.79. The van der Waals surface area contributed by atoms with Gasteiger partial charge in [-0.1, -0.05) is 23.7 Å². The number of aromatic nitrogens is 3. The summed E-state index contributed by atoms with van der Waals surface area (Å²) in [5.74, 6) is -0.171. The molecule has 116 valence electrons. The summed E-state index contributed by atoms with van der Waals surface area (Å²) in [6, 6.07) is 7.20. The molecule has 0 aliphatic carbocycles. The van der Waals surface area contributed by atoms with Gasteiger partial charge >= 0.3 is 0 Å². The first-order valence-corrected chi connectivity index (χ1v) is 7.33. The molecule has 0 aliphatic rings. The second-order valence-electron chi connectivity index (χ2n) is 5.19. The number of ketones is 1. The van der Waals surface area contributed by atoms with Gasteiger partial charge in [0.05, 0.1) is 0 Å². The molecule has 0 aliphatic heterocycles. The summed E-state index contributed by atoms with van der Waals surface area (Å²) in [4.78, 5) is 16.7. The third-order valence-electron chi connectivity index (χ3n) is 3.12. The zero-order chi connectivity index (χ0) is 16.2. The van der Waals surface area contributed by atoms with Crippen LogP contribution < -0.4 is 0 Å². The average Bonchev–Trinajstić information content (AvgIpc) is 3.00. The van der Waals surface area contributed by atoms with Gasteiger partial charge in [-0.2, -0.15) is 5.10 Å². The van der Waals surface area contributed by atoms with E-state index in [2.05, 4.69) is 10.1 Å². The molecule has 22 heavy (non-hydrogen) atoms. The topological polar surface area (TPSA) is 57.0 Å². The van der Waals surface area contributed by atoms with Crippen molar-refractivity contribution in [1.82, 2.24) is 14.8 Å². The number of hydrogen-bond donors (Lipinski definition) is 0. The Balaban J connectivity index is 2.44. The van der Waals surface area contributed by atoms with Gasteiger partial charge in [-0.05, 0) is 44.5 Å². The van der Waals surface area contributed by atoms with Crippen LogP contribution in [0.5, 0.6) is 0 Å². The van der Waals surface area contributed by atoms with E-state index >= 15 is 0 Å². The lowest BCUT2D eigenvalue weighted by Gasteiger charge is -2.24. The smallest absolute Gasteiger partial charge is 0.212 e. The van der Waals surface area contributed by atoms with Crippen LogP contribution in [0.4, 0.5) is 0 Å². The van der Waals surface area contributed by atoms with Crippen molar-refractivity contribution in [2.75, 3.05) is 6.61 Å². The zero-order valence-electron chi connectivity index (χ0n) is 12.8. The summed E-state index contributed by atoms with van der Waals surface area (Å²) >= 11 is 5.89. The summed E-state index contributed by atoms with van der Waals surface area (Å²) in [5.41, 5.74) is 0.285. The molecule has 2 aromatic rings. The Hall–Kier alpha value is -1.98. The monoisotopic (exact) mass is 319 g/mol. The van der Waals surface area contributed by atoms with Crippen LogP contribution in [0.1, 0.15) is 26.3 Å². The largest absolute Gasteiger partial charge is 0.368 e. The predicted octanol–water partition coefficient (Wildman–Crippen LogP) is 3.31. The normalized spacial score (nSPS) is 12.5. The van der Waals surface area contributed by atoms with Gasteiger partial charge in [0.1, 0.15) is 24.0 Å². The zero-order valence-corrected chi connectivity index (χ0v) is 13.5. The molecule has 0 atom stereocenters. The number of halogens is 1. The number of Topliss-reactive ketones (excluding diaryl/α,β-unsaturated/α-hetero) is 1. The molecule has 0 amide bonds. The first-order chi connectivity index (χ1) is 10.4. The van der Waals surface area contributed by atoms with Crippen LogP contribution >= 0.6 is 11.6 Å². The lowest BCUT2D eigenvalue weighted by molar-refractivity contribution is -0.133. The van der Waals surface area contributed by atoms with Gasteiger partial charge in [-0.25, -0.2) is 9.67 Å². The van der Waals surface area contributed by atoms with Crippen LogP contribution in [-0.4, -0.2) is 32.8 Å². The molecule has 1 heterocycles. The van der Waals surface area contributed by atoms with Crippen molar-refractivity contribution >= 4 is 29.2 Å². The highest BCUT2D eigenvalue weighted by Crippen LogP contribution is 2.22. The van der Waals surface area contributed by atoms with Crippen LogP contribution in [0.3, 0.4) is 0 Å². The van der Waals surface area contributed by atoms with Gasteiger partial charge < -0.3 is 4.74 Å². The van der Waals surface area contributed by atoms with Crippen LogP contribution in [0.2, 0.25) is 5.02 Å². The number of benzene rings is 1. The number of carbonyl (C=O) groups is 1. The molecule has 6 heteroatoms. The van der Waals surface area contributed by atoms with E-state index in [1.54, 1.807) is 32.1 Å². The van der Waals surface area contributed by atoms with Gasteiger partial charge in [0, 0.05) is 11.6 Å². The van der Waals surface area contributed by atoms with Crippen molar-refractivity contribution in [3.8, 4) is 0 Å². The Morgan fingerprint density at radius 3 is 2.59 bits per heavy atom. The van der Waals surface area contributed by atoms with Crippen molar-refractivity contribution < 1.29 is 9.53 Å². The number of ether oxygens (including phenoxy) is 1. The predicted molar refractivity (Wildman–Crippen MR) is 86.4 cm³/mol. The maximum atomic E-state index is 12.8. The Labute approximate surface area is 134 Å². The molecular formula is C16H18ClN3O2. The van der Waals surface area contributed by atoms with Crippen molar-refractivity contribution in [2.24, 2.45) is 0 Å². The van der Waals surface area contributed by atoms with E-state index in [4.69, 9.17) is 16.3 Å². The molecule has 0 fully saturated rings. The summed E-state index contributed by atoms with van der Waals surface area (Å²) in [6.07, 6.45) is 4.62. The van der Waals surface area contributed by atoms with Crippen molar-refractivity contribution in [1.29, 1.82) is 0 Å². The third-order valence-corrected chi connectivity index (χ3v) is 3.38. The quantitative estimate of drug-likeness (QED) is 0.766. The molecule has 2 rings (SSSR count). The SMILES string of the molecule is CCOC(C)(C)C(=O)/C(=C/c1ccc(Cl)cc1)n1cncn1. The van der Waals surface area contributed by atoms with Crippen LogP contribution in [0.15, 0.2) is 36.9 Å². The van der Waals surface area contributed by atoms with E-state index in [1.807, 2.05) is 19.1 Å². The van der Waals surface area contributed by atoms with E-state index in [1.165, 1.54) is 17.3 Å². The Bertz CT molecular complexity index is 661. The molecule has 1 aromatic carbocycles. The number of rotatable bonds is 6. The first kappa shape index (κ1) is 16.4. The second kappa shape index (κ2) is 6.85. The van der Waals surface area contributed by atoms with Crippen molar-refractivity contribution in [3.05, 3.63) is 47.5 Å². The standard InChI is InChI=1S/C16H18ClN3O2/c1-4-22-16(2,3)15(21)14(20-11-18-10-19-20)9-12-5-7-13(17)8-6-12/h5-11H,4H2,1-3H3/b14-9-. The highest BCUT2D eigenvalue weighted by molar-refractivity contribution is 6.30. The number of hydrogen-bond acceptors (Lipinski definition) is 4.